The molecule has 164 valence electrons. The van der Waals surface area contributed by atoms with Crippen molar-refractivity contribution in [1.29, 1.82) is 0 Å². The minimum atomic E-state index is -3.81. The number of carbonyl (C=O) groups excluding carboxylic acids is 1. The normalized spacial score (nSPS) is 13.3. The third-order valence-electron chi connectivity index (χ3n) is 4.71. The number of benzene rings is 2. The number of carbonyl (C=O) groups is 1. The molecule has 0 spiro atoms. The standard InChI is InChI=1S/C21H27ClN2O5S/c1-6-18(15-7-10-17(28-3)11-8-15)23-21(25)14(2)24(30(5,26)27)19-13-16(22)9-12-20(19)29-4/h7-14,18H,6H2,1-5H3,(H,23,25). The maximum atomic E-state index is 13.0. The van der Waals surface area contributed by atoms with E-state index in [4.69, 9.17) is 21.1 Å². The van der Waals surface area contributed by atoms with Crippen molar-refractivity contribution in [2.45, 2.75) is 32.4 Å². The van der Waals surface area contributed by atoms with Gasteiger partial charge in [0.25, 0.3) is 0 Å². The number of nitrogens with zero attached hydrogens (tertiary/aromatic N) is 1. The van der Waals surface area contributed by atoms with E-state index in [0.717, 1.165) is 16.1 Å². The van der Waals surface area contributed by atoms with Crippen molar-refractivity contribution in [1.82, 2.24) is 5.32 Å². The molecule has 0 aliphatic carbocycles. The van der Waals surface area contributed by atoms with Crippen molar-refractivity contribution in [3.05, 3.63) is 53.1 Å². The van der Waals surface area contributed by atoms with Gasteiger partial charge in [0.2, 0.25) is 15.9 Å². The van der Waals surface area contributed by atoms with Gasteiger partial charge >= 0.3 is 0 Å². The highest BCUT2D eigenvalue weighted by Gasteiger charge is 2.32. The Kier molecular flexibility index (Phi) is 7.97. The van der Waals surface area contributed by atoms with E-state index in [1.54, 1.807) is 19.2 Å². The van der Waals surface area contributed by atoms with Crippen LogP contribution in [0.15, 0.2) is 42.5 Å². The van der Waals surface area contributed by atoms with Crippen LogP contribution in [-0.4, -0.2) is 40.8 Å². The molecule has 0 aliphatic rings. The fourth-order valence-electron chi connectivity index (χ4n) is 3.17. The van der Waals surface area contributed by atoms with Gasteiger partial charge < -0.3 is 14.8 Å². The molecule has 2 atom stereocenters. The molecule has 30 heavy (non-hydrogen) atoms. The summed E-state index contributed by atoms with van der Waals surface area (Å²) in [5.41, 5.74) is 1.10. The molecule has 0 aromatic heterocycles. The molecule has 2 rings (SSSR count). The van der Waals surface area contributed by atoms with Gasteiger partial charge in [-0.25, -0.2) is 8.42 Å². The second-order valence-electron chi connectivity index (χ2n) is 6.79. The fraction of sp³-hybridized carbons (Fsp3) is 0.381. The Labute approximate surface area is 183 Å². The summed E-state index contributed by atoms with van der Waals surface area (Å²) in [4.78, 5) is 13.0. The second kappa shape index (κ2) is 10.0. The number of rotatable bonds is 9. The number of hydrogen-bond acceptors (Lipinski definition) is 5. The summed E-state index contributed by atoms with van der Waals surface area (Å²) in [6.45, 7) is 3.46. The molecule has 0 fully saturated rings. The first-order valence-corrected chi connectivity index (χ1v) is 11.6. The number of methoxy groups -OCH3 is 2. The molecule has 0 radical (unpaired) electrons. The molecule has 0 saturated heterocycles. The van der Waals surface area contributed by atoms with E-state index in [1.165, 1.54) is 20.1 Å². The summed E-state index contributed by atoms with van der Waals surface area (Å²) in [5, 5.41) is 3.27. The lowest BCUT2D eigenvalue weighted by atomic mass is 10.0. The summed E-state index contributed by atoms with van der Waals surface area (Å²) in [5.74, 6) is 0.571. The minimum Gasteiger partial charge on any atom is -0.497 e. The van der Waals surface area contributed by atoms with E-state index in [-0.39, 0.29) is 11.7 Å². The molecule has 2 aromatic carbocycles. The zero-order valence-corrected chi connectivity index (χ0v) is 19.3. The SMILES string of the molecule is CCC(NC(=O)C(C)N(c1cc(Cl)ccc1OC)S(C)(=O)=O)c1ccc(OC)cc1. The first-order valence-electron chi connectivity index (χ1n) is 9.39. The lowest BCUT2D eigenvalue weighted by Gasteiger charge is -2.30. The molecule has 1 amide bonds. The first-order chi connectivity index (χ1) is 14.1. The van der Waals surface area contributed by atoms with Crippen LogP contribution in [0.1, 0.15) is 31.9 Å². The lowest BCUT2D eigenvalue weighted by Crippen LogP contribution is -2.48. The van der Waals surface area contributed by atoms with E-state index < -0.39 is 22.0 Å². The average Bonchev–Trinajstić information content (AvgIpc) is 2.71. The zero-order valence-electron chi connectivity index (χ0n) is 17.7. The van der Waals surface area contributed by atoms with Crippen LogP contribution in [0.5, 0.6) is 11.5 Å². The molecule has 9 heteroatoms. The van der Waals surface area contributed by atoms with Crippen LogP contribution in [0.2, 0.25) is 5.02 Å². The van der Waals surface area contributed by atoms with E-state index in [1.807, 2.05) is 31.2 Å². The smallest absolute Gasteiger partial charge is 0.244 e. The van der Waals surface area contributed by atoms with Gasteiger partial charge in [0, 0.05) is 5.02 Å². The molecule has 1 N–H and O–H groups in total. The van der Waals surface area contributed by atoms with Gasteiger partial charge in [-0.15, -0.1) is 0 Å². The molecule has 7 nitrogen and oxygen atoms in total. The van der Waals surface area contributed by atoms with Crippen LogP contribution in [0.3, 0.4) is 0 Å². The van der Waals surface area contributed by atoms with E-state index in [0.29, 0.717) is 22.9 Å². The van der Waals surface area contributed by atoms with Gasteiger partial charge in [0.15, 0.2) is 0 Å². The Morgan fingerprint density at radius 2 is 1.77 bits per heavy atom. The summed E-state index contributed by atoms with van der Waals surface area (Å²) in [6.07, 6.45) is 1.67. The van der Waals surface area contributed by atoms with E-state index in [2.05, 4.69) is 5.32 Å². The highest BCUT2D eigenvalue weighted by molar-refractivity contribution is 7.92. The molecule has 0 aliphatic heterocycles. The Hall–Kier alpha value is -2.45. The molecule has 2 aromatic rings. The van der Waals surface area contributed by atoms with Crippen molar-refractivity contribution in [2.75, 3.05) is 24.8 Å². The maximum absolute atomic E-state index is 13.0. The monoisotopic (exact) mass is 454 g/mol. The van der Waals surface area contributed by atoms with Crippen molar-refractivity contribution < 1.29 is 22.7 Å². The zero-order chi connectivity index (χ0) is 22.5. The Morgan fingerprint density at radius 1 is 1.13 bits per heavy atom. The van der Waals surface area contributed by atoms with Crippen molar-refractivity contribution in [3.63, 3.8) is 0 Å². The lowest BCUT2D eigenvalue weighted by molar-refractivity contribution is -0.122. The summed E-state index contributed by atoms with van der Waals surface area (Å²) < 4.78 is 36.7. The van der Waals surface area contributed by atoms with Gasteiger partial charge in [-0.1, -0.05) is 30.7 Å². The fourth-order valence-corrected chi connectivity index (χ4v) is 4.50. The number of amides is 1. The summed E-state index contributed by atoms with van der Waals surface area (Å²) >= 11 is 6.08. The van der Waals surface area contributed by atoms with Crippen LogP contribution < -0.4 is 19.1 Å². The second-order valence-corrected chi connectivity index (χ2v) is 9.09. The van der Waals surface area contributed by atoms with Gasteiger partial charge in [-0.3, -0.25) is 9.10 Å². The van der Waals surface area contributed by atoms with Crippen molar-refractivity contribution in [2.24, 2.45) is 0 Å². The van der Waals surface area contributed by atoms with Crippen molar-refractivity contribution in [3.8, 4) is 11.5 Å². The van der Waals surface area contributed by atoms with Crippen LogP contribution in [0, 0.1) is 0 Å². The summed E-state index contributed by atoms with van der Waals surface area (Å²) in [6, 6.07) is 10.7. The maximum Gasteiger partial charge on any atom is 0.244 e. The Bertz CT molecular complexity index is 979. The quantitative estimate of drug-likeness (QED) is 0.623. The predicted octanol–water partition coefficient (Wildman–Crippen LogP) is 3.78. The Morgan fingerprint density at radius 3 is 2.27 bits per heavy atom. The average molecular weight is 455 g/mol. The van der Waals surface area contributed by atoms with E-state index in [9.17, 15) is 13.2 Å². The predicted molar refractivity (Wildman–Crippen MR) is 119 cm³/mol. The van der Waals surface area contributed by atoms with Gasteiger partial charge in [0.05, 0.1) is 32.2 Å². The molecule has 2 unspecified atom stereocenters. The number of hydrogen-bond donors (Lipinski definition) is 1. The molecular weight excluding hydrogens is 428 g/mol. The highest BCUT2D eigenvalue weighted by atomic mass is 35.5. The van der Waals surface area contributed by atoms with Gasteiger partial charge in [-0.05, 0) is 49.2 Å². The van der Waals surface area contributed by atoms with E-state index >= 15 is 0 Å². The van der Waals surface area contributed by atoms with Gasteiger partial charge in [0.1, 0.15) is 17.5 Å². The minimum absolute atomic E-state index is 0.202. The molecule has 0 bridgehead atoms. The van der Waals surface area contributed by atoms with Crippen LogP contribution >= 0.6 is 11.6 Å². The first kappa shape index (κ1) is 23.8. The van der Waals surface area contributed by atoms with Gasteiger partial charge in [-0.2, -0.15) is 0 Å². The van der Waals surface area contributed by atoms with Crippen LogP contribution in [0.25, 0.3) is 0 Å². The Balaban J connectivity index is 2.34. The number of nitrogens with one attached hydrogen (secondary N) is 1. The molecule has 0 heterocycles. The number of anilines is 1. The molecule has 0 saturated carbocycles. The highest BCUT2D eigenvalue weighted by Crippen LogP contribution is 2.34. The number of ether oxygens (including phenoxy) is 2. The third-order valence-corrected chi connectivity index (χ3v) is 6.17. The number of halogens is 1. The van der Waals surface area contributed by atoms with Crippen LogP contribution in [-0.2, 0) is 14.8 Å². The van der Waals surface area contributed by atoms with Crippen LogP contribution in [0.4, 0.5) is 5.69 Å². The van der Waals surface area contributed by atoms with Crippen molar-refractivity contribution >= 4 is 33.2 Å². The molecular formula is C21H27ClN2O5S. The summed E-state index contributed by atoms with van der Waals surface area (Å²) in [7, 11) is -0.802. The topological polar surface area (TPSA) is 84.9 Å². The number of sulfonamides is 1. The third kappa shape index (κ3) is 5.58. The largest absolute Gasteiger partial charge is 0.497 e.